The van der Waals surface area contributed by atoms with Crippen LogP contribution in [0.4, 0.5) is 0 Å². The summed E-state index contributed by atoms with van der Waals surface area (Å²) in [5, 5.41) is 3.88. The van der Waals surface area contributed by atoms with Crippen LogP contribution in [-0.4, -0.2) is 17.4 Å². The number of hydrogen-bond donors (Lipinski definition) is 2. The van der Waals surface area contributed by atoms with Crippen molar-refractivity contribution in [2.24, 2.45) is 0 Å². The number of rotatable bonds is 6. The molecule has 0 aliphatic rings. The highest BCUT2D eigenvalue weighted by Gasteiger charge is 2.05. The summed E-state index contributed by atoms with van der Waals surface area (Å²) in [5.74, 6) is 0.0599. The third-order valence-corrected chi connectivity index (χ3v) is 3.55. The molecule has 4 heteroatoms. The van der Waals surface area contributed by atoms with Gasteiger partial charge < -0.3 is 10.3 Å². The average Bonchev–Trinajstić information content (AvgIpc) is 2.45. The van der Waals surface area contributed by atoms with Gasteiger partial charge in [0.05, 0.1) is 0 Å². The van der Waals surface area contributed by atoms with E-state index in [1.165, 1.54) is 0 Å². The number of pyridine rings is 1. The number of amides is 1. The molecule has 0 radical (unpaired) electrons. The van der Waals surface area contributed by atoms with E-state index >= 15 is 0 Å². The van der Waals surface area contributed by atoms with Crippen molar-refractivity contribution in [1.82, 2.24) is 10.3 Å². The van der Waals surface area contributed by atoms with Crippen LogP contribution in [0.2, 0.25) is 0 Å². The number of H-pyrrole nitrogens is 1. The van der Waals surface area contributed by atoms with Crippen LogP contribution >= 0.6 is 0 Å². The molecule has 0 atom stereocenters. The molecule has 0 aliphatic heterocycles. The highest BCUT2D eigenvalue weighted by molar-refractivity contribution is 5.79. The number of carbonyl (C=O) groups is 1. The molecule has 1 amide bonds. The molecule has 2 aromatic rings. The first-order chi connectivity index (χ1) is 10.1. The number of unbranched alkanes of at least 4 members (excludes halogenated alkanes) is 1. The van der Waals surface area contributed by atoms with Gasteiger partial charge in [0, 0.05) is 24.0 Å². The quantitative estimate of drug-likeness (QED) is 0.857. The fraction of sp³-hybridized carbons (Fsp3) is 0.412. The van der Waals surface area contributed by atoms with Crippen molar-refractivity contribution < 1.29 is 4.79 Å². The Labute approximate surface area is 124 Å². The Bertz CT molecular complexity index is 689. The van der Waals surface area contributed by atoms with E-state index in [2.05, 4.69) is 17.2 Å². The monoisotopic (exact) mass is 286 g/mol. The van der Waals surface area contributed by atoms with Gasteiger partial charge in [0.25, 0.3) is 5.56 Å². The van der Waals surface area contributed by atoms with Crippen LogP contribution in [0.5, 0.6) is 0 Å². The number of aromatic nitrogens is 1. The molecule has 0 bridgehead atoms. The van der Waals surface area contributed by atoms with Crippen molar-refractivity contribution in [2.45, 2.75) is 39.5 Å². The predicted octanol–water partition coefficient (Wildman–Crippen LogP) is 2.69. The van der Waals surface area contributed by atoms with Crippen molar-refractivity contribution in [3.05, 3.63) is 45.7 Å². The van der Waals surface area contributed by atoms with Crippen LogP contribution in [0.25, 0.3) is 10.9 Å². The zero-order chi connectivity index (χ0) is 15.2. The second-order valence-electron chi connectivity index (χ2n) is 5.42. The lowest BCUT2D eigenvalue weighted by atomic mass is 10.1. The predicted molar refractivity (Wildman–Crippen MR) is 85.5 cm³/mol. The second kappa shape index (κ2) is 7.07. The van der Waals surface area contributed by atoms with E-state index in [0.29, 0.717) is 24.9 Å². The Morgan fingerprint density at radius 1 is 1.29 bits per heavy atom. The molecule has 0 spiro atoms. The zero-order valence-electron chi connectivity index (χ0n) is 12.7. The number of aromatic amines is 1. The maximum atomic E-state index is 12.0. The first-order valence-electron chi connectivity index (χ1n) is 7.49. The van der Waals surface area contributed by atoms with Gasteiger partial charge in [0.15, 0.2) is 0 Å². The van der Waals surface area contributed by atoms with E-state index < -0.39 is 0 Å². The highest BCUT2D eigenvalue weighted by Crippen LogP contribution is 2.13. The molecule has 2 rings (SSSR count). The maximum Gasteiger partial charge on any atom is 0.251 e. The Hall–Kier alpha value is -2.10. The van der Waals surface area contributed by atoms with Gasteiger partial charge in [0.2, 0.25) is 5.91 Å². The van der Waals surface area contributed by atoms with Crippen molar-refractivity contribution >= 4 is 16.8 Å². The van der Waals surface area contributed by atoms with E-state index in [0.717, 1.165) is 29.3 Å². The van der Waals surface area contributed by atoms with Crippen LogP contribution in [0.1, 0.15) is 37.3 Å². The van der Waals surface area contributed by atoms with Crippen LogP contribution in [0, 0.1) is 6.92 Å². The fourth-order valence-corrected chi connectivity index (χ4v) is 2.31. The number of aryl methyl sites for hydroxylation is 1. The summed E-state index contributed by atoms with van der Waals surface area (Å²) in [6, 6.07) is 7.90. The number of hydrogen-bond acceptors (Lipinski definition) is 2. The Kier molecular flexibility index (Phi) is 5.14. The molecule has 0 aliphatic carbocycles. The molecule has 0 unspecified atom stereocenters. The first kappa shape index (κ1) is 15.3. The lowest BCUT2D eigenvalue weighted by molar-refractivity contribution is -0.121. The van der Waals surface area contributed by atoms with E-state index in [9.17, 15) is 9.59 Å². The van der Waals surface area contributed by atoms with Crippen LogP contribution in [-0.2, 0) is 11.2 Å². The Morgan fingerprint density at radius 3 is 2.86 bits per heavy atom. The van der Waals surface area contributed by atoms with Crippen molar-refractivity contribution in [3.63, 3.8) is 0 Å². The minimum Gasteiger partial charge on any atom is -0.356 e. The van der Waals surface area contributed by atoms with Gasteiger partial charge in [-0.3, -0.25) is 9.59 Å². The molecule has 21 heavy (non-hydrogen) atoms. The van der Waals surface area contributed by atoms with E-state index in [-0.39, 0.29) is 11.5 Å². The summed E-state index contributed by atoms with van der Waals surface area (Å²) in [4.78, 5) is 26.5. The summed E-state index contributed by atoms with van der Waals surface area (Å²) < 4.78 is 0. The van der Waals surface area contributed by atoms with Gasteiger partial charge in [-0.05, 0) is 42.8 Å². The van der Waals surface area contributed by atoms with E-state index in [4.69, 9.17) is 0 Å². The third kappa shape index (κ3) is 4.18. The minimum absolute atomic E-state index is 0.0599. The second-order valence-corrected chi connectivity index (χ2v) is 5.42. The molecule has 4 nitrogen and oxygen atoms in total. The number of benzene rings is 1. The highest BCUT2D eigenvalue weighted by atomic mass is 16.1. The number of fused-ring (bicyclic) bond motifs is 1. The van der Waals surface area contributed by atoms with Gasteiger partial charge in [-0.15, -0.1) is 0 Å². The molecule has 0 saturated heterocycles. The molecule has 0 fully saturated rings. The minimum atomic E-state index is -0.0732. The Balaban J connectivity index is 2.02. The van der Waals surface area contributed by atoms with Crippen LogP contribution in [0.15, 0.2) is 29.1 Å². The molecular formula is C17H22N2O2. The summed E-state index contributed by atoms with van der Waals surface area (Å²) in [6.07, 6.45) is 3.03. The number of carbonyl (C=O) groups excluding carboxylic acids is 1. The van der Waals surface area contributed by atoms with Crippen molar-refractivity contribution in [1.29, 1.82) is 0 Å². The van der Waals surface area contributed by atoms with Gasteiger partial charge in [-0.1, -0.05) is 25.5 Å². The van der Waals surface area contributed by atoms with E-state index in [1.54, 1.807) is 0 Å². The summed E-state index contributed by atoms with van der Waals surface area (Å²) in [7, 11) is 0. The molecule has 1 aromatic carbocycles. The van der Waals surface area contributed by atoms with E-state index in [1.807, 2.05) is 31.2 Å². The molecular weight excluding hydrogens is 264 g/mol. The lowest BCUT2D eigenvalue weighted by Crippen LogP contribution is -2.27. The smallest absolute Gasteiger partial charge is 0.251 e. The summed E-state index contributed by atoms with van der Waals surface area (Å²) in [6.45, 7) is 4.56. The largest absolute Gasteiger partial charge is 0.356 e. The van der Waals surface area contributed by atoms with Gasteiger partial charge in [-0.2, -0.15) is 0 Å². The van der Waals surface area contributed by atoms with Crippen molar-refractivity contribution in [2.75, 3.05) is 6.54 Å². The lowest BCUT2D eigenvalue weighted by Gasteiger charge is -2.06. The zero-order valence-corrected chi connectivity index (χ0v) is 12.7. The third-order valence-electron chi connectivity index (χ3n) is 3.55. The maximum absolute atomic E-state index is 12.0. The Morgan fingerprint density at radius 2 is 2.10 bits per heavy atom. The molecule has 112 valence electrons. The van der Waals surface area contributed by atoms with Gasteiger partial charge in [0.1, 0.15) is 0 Å². The normalized spacial score (nSPS) is 10.8. The fourth-order valence-electron chi connectivity index (χ4n) is 2.31. The standard InChI is InChI=1S/C17H22N2O2/c1-3-4-5-16(20)18-9-8-14-11-13-7-6-12(2)10-15(13)19-17(14)21/h6-7,10-11H,3-5,8-9H2,1-2H3,(H,18,20)(H,19,21). The number of nitrogens with one attached hydrogen (secondary N) is 2. The molecule has 2 N–H and O–H groups in total. The summed E-state index contributed by atoms with van der Waals surface area (Å²) >= 11 is 0. The average molecular weight is 286 g/mol. The van der Waals surface area contributed by atoms with Crippen LogP contribution < -0.4 is 10.9 Å². The van der Waals surface area contributed by atoms with Crippen molar-refractivity contribution in [3.8, 4) is 0 Å². The van der Waals surface area contributed by atoms with Gasteiger partial charge >= 0.3 is 0 Å². The molecule has 0 saturated carbocycles. The topological polar surface area (TPSA) is 62.0 Å². The molecule has 1 heterocycles. The molecule has 1 aromatic heterocycles. The van der Waals surface area contributed by atoms with Crippen LogP contribution in [0.3, 0.4) is 0 Å². The van der Waals surface area contributed by atoms with Gasteiger partial charge in [-0.25, -0.2) is 0 Å². The SMILES string of the molecule is CCCCC(=O)NCCc1cc2ccc(C)cc2[nH]c1=O. The summed E-state index contributed by atoms with van der Waals surface area (Å²) in [5.41, 5.74) is 2.61. The first-order valence-corrected chi connectivity index (χ1v) is 7.49.